The highest BCUT2D eigenvalue weighted by Crippen LogP contribution is 2.28. The van der Waals surface area contributed by atoms with Gasteiger partial charge in [0.25, 0.3) is 5.91 Å². The molecule has 0 unspecified atom stereocenters. The number of rotatable bonds is 10. The molecular weight excluding hydrogens is 326 g/mol. The first-order chi connectivity index (χ1) is 12.4. The SMILES string of the molecule is CCN(CC)C(=O)c1ccc(OCC=C(C)CCC=C(C)C)c(OC)c1. The number of hydrogen-bond acceptors (Lipinski definition) is 3. The van der Waals surface area contributed by atoms with E-state index < -0.39 is 0 Å². The Morgan fingerprint density at radius 2 is 1.77 bits per heavy atom. The van der Waals surface area contributed by atoms with Crippen molar-refractivity contribution in [1.29, 1.82) is 0 Å². The molecular formula is C22H33NO3. The van der Waals surface area contributed by atoms with Crippen LogP contribution < -0.4 is 9.47 Å². The van der Waals surface area contributed by atoms with Crippen molar-refractivity contribution in [1.82, 2.24) is 4.90 Å². The third-order valence-electron chi connectivity index (χ3n) is 4.22. The monoisotopic (exact) mass is 359 g/mol. The lowest BCUT2D eigenvalue weighted by Crippen LogP contribution is -2.30. The Morgan fingerprint density at radius 1 is 1.08 bits per heavy atom. The first-order valence-corrected chi connectivity index (χ1v) is 9.32. The van der Waals surface area contributed by atoms with Crippen LogP contribution in [0.15, 0.2) is 41.5 Å². The molecule has 144 valence electrons. The van der Waals surface area contributed by atoms with Gasteiger partial charge in [0, 0.05) is 18.7 Å². The van der Waals surface area contributed by atoms with Crippen molar-refractivity contribution in [3.05, 3.63) is 47.1 Å². The van der Waals surface area contributed by atoms with E-state index in [2.05, 4.69) is 32.9 Å². The first-order valence-electron chi connectivity index (χ1n) is 9.32. The number of hydrogen-bond donors (Lipinski definition) is 0. The van der Waals surface area contributed by atoms with Crippen LogP contribution in [0.3, 0.4) is 0 Å². The number of methoxy groups -OCH3 is 1. The summed E-state index contributed by atoms with van der Waals surface area (Å²) in [5.41, 5.74) is 3.26. The zero-order valence-corrected chi connectivity index (χ0v) is 17.1. The lowest BCUT2D eigenvalue weighted by molar-refractivity contribution is 0.0772. The first kappa shape index (κ1) is 21.8. The Morgan fingerprint density at radius 3 is 2.35 bits per heavy atom. The van der Waals surface area contributed by atoms with Gasteiger partial charge >= 0.3 is 0 Å². The molecule has 4 heteroatoms. The molecule has 0 heterocycles. The fraction of sp³-hybridized carbons (Fsp3) is 0.500. The maximum Gasteiger partial charge on any atom is 0.253 e. The molecule has 0 aliphatic heterocycles. The lowest BCUT2D eigenvalue weighted by atomic mass is 10.1. The van der Waals surface area contributed by atoms with Crippen LogP contribution in [-0.4, -0.2) is 37.6 Å². The molecule has 0 saturated carbocycles. The standard InChI is InChI=1S/C22H33NO3/c1-7-23(8-2)22(24)19-12-13-20(21(16-19)25-6)26-15-14-18(5)11-9-10-17(3)4/h10,12-14,16H,7-9,11,15H2,1-6H3. The van der Waals surface area contributed by atoms with Crippen LogP contribution in [0.1, 0.15) is 57.8 Å². The number of ether oxygens (including phenoxy) is 2. The second-order valence-electron chi connectivity index (χ2n) is 6.52. The second-order valence-corrected chi connectivity index (χ2v) is 6.52. The van der Waals surface area contributed by atoms with Crippen LogP contribution in [-0.2, 0) is 0 Å². The van der Waals surface area contributed by atoms with Gasteiger partial charge in [-0.15, -0.1) is 0 Å². The number of carbonyl (C=O) groups excluding carboxylic acids is 1. The maximum absolute atomic E-state index is 12.5. The summed E-state index contributed by atoms with van der Waals surface area (Å²) in [6, 6.07) is 5.35. The van der Waals surface area contributed by atoms with Crippen molar-refractivity contribution >= 4 is 5.91 Å². The van der Waals surface area contributed by atoms with Crippen molar-refractivity contribution in [2.45, 2.75) is 47.5 Å². The summed E-state index contributed by atoms with van der Waals surface area (Å²) in [6.07, 6.45) is 6.42. The highest BCUT2D eigenvalue weighted by molar-refractivity contribution is 5.94. The number of allylic oxidation sites excluding steroid dienone is 3. The van der Waals surface area contributed by atoms with Crippen LogP contribution in [0.25, 0.3) is 0 Å². The molecule has 0 radical (unpaired) electrons. The van der Waals surface area contributed by atoms with E-state index in [9.17, 15) is 4.79 Å². The fourth-order valence-corrected chi connectivity index (χ4v) is 2.58. The van der Waals surface area contributed by atoms with Gasteiger partial charge in [-0.1, -0.05) is 17.2 Å². The quantitative estimate of drug-likeness (QED) is 0.536. The zero-order chi connectivity index (χ0) is 19.5. The largest absolute Gasteiger partial charge is 0.493 e. The second kappa shape index (κ2) is 11.4. The van der Waals surface area contributed by atoms with E-state index in [-0.39, 0.29) is 5.91 Å². The molecule has 0 spiro atoms. The average Bonchev–Trinajstić information content (AvgIpc) is 2.62. The smallest absolute Gasteiger partial charge is 0.253 e. The highest BCUT2D eigenvalue weighted by Gasteiger charge is 2.15. The van der Waals surface area contributed by atoms with E-state index >= 15 is 0 Å². The minimum Gasteiger partial charge on any atom is -0.493 e. The van der Waals surface area contributed by atoms with Crippen LogP contribution in [0, 0.1) is 0 Å². The van der Waals surface area contributed by atoms with Crippen LogP contribution in [0.2, 0.25) is 0 Å². The van der Waals surface area contributed by atoms with E-state index in [0.717, 1.165) is 12.8 Å². The Kier molecular flexibility index (Phi) is 9.56. The van der Waals surface area contributed by atoms with E-state index in [4.69, 9.17) is 9.47 Å². The Balaban J connectivity index is 2.73. The summed E-state index contributed by atoms with van der Waals surface area (Å²) in [5.74, 6) is 1.24. The highest BCUT2D eigenvalue weighted by atomic mass is 16.5. The Bertz CT molecular complexity index is 639. The number of benzene rings is 1. The molecule has 0 atom stereocenters. The van der Waals surface area contributed by atoms with Gasteiger partial charge in [0.1, 0.15) is 6.61 Å². The molecule has 1 rings (SSSR count). The van der Waals surface area contributed by atoms with Crippen molar-refractivity contribution < 1.29 is 14.3 Å². The summed E-state index contributed by atoms with van der Waals surface area (Å²) in [6.45, 7) is 12.2. The van der Waals surface area contributed by atoms with Crippen molar-refractivity contribution in [3.63, 3.8) is 0 Å². The van der Waals surface area contributed by atoms with Gasteiger partial charge in [0.05, 0.1) is 7.11 Å². The molecule has 0 bridgehead atoms. The average molecular weight is 360 g/mol. The normalized spacial score (nSPS) is 11.1. The van der Waals surface area contributed by atoms with Gasteiger partial charge in [0.15, 0.2) is 11.5 Å². The van der Waals surface area contributed by atoms with Gasteiger partial charge in [-0.2, -0.15) is 0 Å². The minimum atomic E-state index is 0.00913. The van der Waals surface area contributed by atoms with Crippen molar-refractivity contribution in [3.8, 4) is 11.5 Å². The van der Waals surface area contributed by atoms with Gasteiger partial charge in [-0.05, 0) is 71.7 Å². The summed E-state index contributed by atoms with van der Waals surface area (Å²) in [5, 5.41) is 0. The van der Waals surface area contributed by atoms with E-state index in [1.54, 1.807) is 24.1 Å². The molecule has 0 fully saturated rings. The van der Waals surface area contributed by atoms with Gasteiger partial charge in [-0.3, -0.25) is 4.79 Å². The minimum absolute atomic E-state index is 0.00913. The van der Waals surface area contributed by atoms with Crippen LogP contribution in [0.4, 0.5) is 0 Å². The van der Waals surface area contributed by atoms with Crippen LogP contribution in [0.5, 0.6) is 11.5 Å². The molecule has 0 aliphatic carbocycles. The van der Waals surface area contributed by atoms with Gasteiger partial charge < -0.3 is 14.4 Å². The summed E-state index contributed by atoms with van der Waals surface area (Å²) < 4.78 is 11.2. The molecule has 1 amide bonds. The zero-order valence-electron chi connectivity index (χ0n) is 17.1. The molecule has 1 aromatic carbocycles. The predicted octanol–water partition coefficient (Wildman–Crippen LogP) is 5.25. The number of amides is 1. The molecule has 26 heavy (non-hydrogen) atoms. The van der Waals surface area contributed by atoms with Crippen molar-refractivity contribution in [2.75, 3.05) is 26.8 Å². The molecule has 0 saturated heterocycles. The summed E-state index contributed by atoms with van der Waals surface area (Å²) in [4.78, 5) is 14.2. The molecule has 0 aromatic heterocycles. The number of nitrogens with zero attached hydrogens (tertiary/aromatic N) is 1. The molecule has 4 nitrogen and oxygen atoms in total. The Labute approximate surface area is 158 Å². The predicted molar refractivity (Wildman–Crippen MR) is 108 cm³/mol. The fourth-order valence-electron chi connectivity index (χ4n) is 2.58. The maximum atomic E-state index is 12.5. The molecule has 1 aromatic rings. The lowest BCUT2D eigenvalue weighted by Gasteiger charge is -2.19. The van der Waals surface area contributed by atoms with Crippen LogP contribution >= 0.6 is 0 Å². The summed E-state index contributed by atoms with van der Waals surface area (Å²) in [7, 11) is 1.59. The Hall–Kier alpha value is -2.23. The van der Waals surface area contributed by atoms with E-state index in [0.29, 0.717) is 36.8 Å². The van der Waals surface area contributed by atoms with Crippen molar-refractivity contribution in [2.24, 2.45) is 0 Å². The third kappa shape index (κ3) is 6.95. The third-order valence-corrected chi connectivity index (χ3v) is 4.22. The molecule has 0 N–H and O–H groups in total. The topological polar surface area (TPSA) is 38.8 Å². The summed E-state index contributed by atoms with van der Waals surface area (Å²) >= 11 is 0. The van der Waals surface area contributed by atoms with E-state index in [1.807, 2.05) is 19.9 Å². The van der Waals surface area contributed by atoms with Gasteiger partial charge in [0.2, 0.25) is 0 Å². The van der Waals surface area contributed by atoms with Gasteiger partial charge in [-0.25, -0.2) is 0 Å². The number of carbonyl (C=O) groups is 1. The molecule has 0 aliphatic rings. The van der Waals surface area contributed by atoms with E-state index in [1.165, 1.54) is 11.1 Å².